The molecule has 0 atom stereocenters. The van der Waals surface area contributed by atoms with E-state index in [0.717, 1.165) is 9.13 Å². The number of aromatic amines is 1. The van der Waals surface area contributed by atoms with Crippen LogP contribution < -0.4 is 5.73 Å². The van der Waals surface area contributed by atoms with E-state index in [1.165, 1.54) is 6.20 Å². The number of rotatable bonds is 3. The zero-order chi connectivity index (χ0) is 11.5. The van der Waals surface area contributed by atoms with Crippen LogP contribution in [-0.2, 0) is 6.42 Å². The van der Waals surface area contributed by atoms with Crippen LogP contribution in [0.25, 0.3) is 0 Å². The van der Waals surface area contributed by atoms with Crippen molar-refractivity contribution in [3.05, 3.63) is 45.2 Å². The van der Waals surface area contributed by atoms with E-state index in [2.05, 4.69) is 32.8 Å². The number of nitrogens with two attached hydrogens (primary N) is 1. The molecule has 0 bridgehead atoms. The summed E-state index contributed by atoms with van der Waals surface area (Å²) in [6, 6.07) is 7.83. The van der Waals surface area contributed by atoms with Crippen molar-refractivity contribution >= 4 is 34.2 Å². The molecule has 0 saturated heterocycles. The van der Waals surface area contributed by atoms with Gasteiger partial charge in [-0.25, -0.2) is 0 Å². The second-order valence-corrected chi connectivity index (χ2v) is 4.67. The molecular weight excluding hydrogens is 317 g/mol. The van der Waals surface area contributed by atoms with Crippen molar-refractivity contribution in [2.75, 3.05) is 5.73 Å². The van der Waals surface area contributed by atoms with Gasteiger partial charge in [0, 0.05) is 9.99 Å². The molecule has 0 fully saturated rings. The molecule has 0 spiro atoms. The highest BCUT2D eigenvalue weighted by molar-refractivity contribution is 14.1. The molecule has 0 unspecified atom stereocenters. The van der Waals surface area contributed by atoms with Crippen LogP contribution in [0.2, 0.25) is 0 Å². The predicted octanol–water partition coefficient (Wildman–Crippen LogP) is 2.02. The zero-order valence-corrected chi connectivity index (χ0v) is 10.6. The van der Waals surface area contributed by atoms with E-state index in [-0.39, 0.29) is 5.78 Å². The van der Waals surface area contributed by atoms with E-state index >= 15 is 0 Å². The van der Waals surface area contributed by atoms with Crippen LogP contribution in [-0.4, -0.2) is 16.0 Å². The second-order valence-electron chi connectivity index (χ2n) is 3.42. The molecule has 4 nitrogen and oxygen atoms in total. The Morgan fingerprint density at radius 2 is 2.06 bits per heavy atom. The molecule has 0 aliphatic rings. The van der Waals surface area contributed by atoms with Gasteiger partial charge in [0.25, 0.3) is 0 Å². The first-order valence-electron chi connectivity index (χ1n) is 4.73. The molecule has 2 rings (SSSR count). The van der Waals surface area contributed by atoms with Crippen LogP contribution >= 0.6 is 22.6 Å². The minimum Gasteiger partial charge on any atom is -0.383 e. The lowest BCUT2D eigenvalue weighted by atomic mass is 10.1. The largest absolute Gasteiger partial charge is 0.383 e. The summed E-state index contributed by atoms with van der Waals surface area (Å²) in [4.78, 5) is 11.8. The molecular formula is C11H10IN3O. The Bertz CT molecular complexity index is 504. The summed E-state index contributed by atoms with van der Waals surface area (Å²) >= 11 is 2.23. The number of hydrogen-bond donors (Lipinski definition) is 2. The van der Waals surface area contributed by atoms with Crippen LogP contribution in [0.3, 0.4) is 0 Å². The molecule has 0 amide bonds. The molecule has 5 heteroatoms. The van der Waals surface area contributed by atoms with Crippen molar-refractivity contribution in [1.82, 2.24) is 10.2 Å². The monoisotopic (exact) mass is 327 g/mol. The summed E-state index contributed by atoms with van der Waals surface area (Å²) in [5.74, 6) is 0.308. The Hall–Kier alpha value is -1.37. The summed E-state index contributed by atoms with van der Waals surface area (Å²) in [5.41, 5.74) is 7.01. The van der Waals surface area contributed by atoms with Gasteiger partial charge in [0.2, 0.25) is 0 Å². The van der Waals surface area contributed by atoms with E-state index in [1.807, 2.05) is 24.3 Å². The highest BCUT2D eigenvalue weighted by Gasteiger charge is 2.11. The topological polar surface area (TPSA) is 71.8 Å². The van der Waals surface area contributed by atoms with Crippen LogP contribution in [0.1, 0.15) is 15.9 Å². The van der Waals surface area contributed by atoms with E-state index < -0.39 is 0 Å². The standard InChI is InChI=1S/C11H10IN3O/c12-8-3-1-7(2-4-8)5-10(16)9-6-14-15-11(9)13/h1-4,6H,5H2,(H3,13,14,15). The Morgan fingerprint density at radius 1 is 1.38 bits per heavy atom. The molecule has 1 aromatic carbocycles. The summed E-state index contributed by atoms with van der Waals surface area (Å²) in [7, 11) is 0. The zero-order valence-electron chi connectivity index (χ0n) is 8.40. The molecule has 82 valence electrons. The number of nitrogens with one attached hydrogen (secondary N) is 1. The SMILES string of the molecule is Nc1[nH]ncc1C(=O)Cc1ccc(I)cc1. The number of nitrogens with zero attached hydrogens (tertiary/aromatic N) is 1. The average molecular weight is 327 g/mol. The van der Waals surface area contributed by atoms with Crippen LogP contribution in [0.5, 0.6) is 0 Å². The third-order valence-corrected chi connectivity index (χ3v) is 2.97. The molecule has 1 aromatic heterocycles. The lowest BCUT2D eigenvalue weighted by Gasteiger charge is -2.00. The maximum absolute atomic E-state index is 11.8. The first-order chi connectivity index (χ1) is 7.66. The maximum Gasteiger partial charge on any atom is 0.172 e. The molecule has 0 radical (unpaired) electrons. The molecule has 16 heavy (non-hydrogen) atoms. The number of nitrogen functional groups attached to an aromatic ring is 1. The normalized spacial score (nSPS) is 10.3. The van der Waals surface area contributed by atoms with E-state index in [0.29, 0.717) is 17.8 Å². The van der Waals surface area contributed by atoms with Gasteiger partial charge in [0.05, 0.1) is 11.8 Å². The summed E-state index contributed by atoms with van der Waals surface area (Å²) < 4.78 is 1.15. The number of benzene rings is 1. The van der Waals surface area contributed by atoms with Gasteiger partial charge >= 0.3 is 0 Å². The average Bonchev–Trinajstić information content (AvgIpc) is 2.68. The van der Waals surface area contributed by atoms with Gasteiger partial charge in [-0.05, 0) is 40.3 Å². The predicted molar refractivity (Wildman–Crippen MR) is 70.2 cm³/mol. The number of H-pyrrole nitrogens is 1. The molecule has 3 N–H and O–H groups in total. The van der Waals surface area contributed by atoms with Crippen molar-refractivity contribution in [3.63, 3.8) is 0 Å². The van der Waals surface area contributed by atoms with Gasteiger partial charge in [0.1, 0.15) is 5.82 Å². The lowest BCUT2D eigenvalue weighted by Crippen LogP contribution is -2.05. The van der Waals surface area contributed by atoms with E-state index in [1.54, 1.807) is 0 Å². The Labute approximate surface area is 106 Å². The minimum absolute atomic E-state index is 0.0209. The van der Waals surface area contributed by atoms with Gasteiger partial charge in [-0.3, -0.25) is 9.89 Å². The minimum atomic E-state index is -0.0209. The number of carbonyl (C=O) groups excluding carboxylic acids is 1. The fourth-order valence-electron chi connectivity index (χ4n) is 1.40. The molecule has 2 aromatic rings. The number of ketones is 1. The van der Waals surface area contributed by atoms with Gasteiger partial charge in [-0.2, -0.15) is 5.10 Å². The fraction of sp³-hybridized carbons (Fsp3) is 0.0909. The highest BCUT2D eigenvalue weighted by Crippen LogP contribution is 2.13. The first-order valence-corrected chi connectivity index (χ1v) is 5.81. The van der Waals surface area contributed by atoms with Crippen LogP contribution in [0.15, 0.2) is 30.5 Å². The third kappa shape index (κ3) is 2.41. The van der Waals surface area contributed by atoms with Gasteiger partial charge < -0.3 is 5.73 Å². The fourth-order valence-corrected chi connectivity index (χ4v) is 1.76. The Morgan fingerprint density at radius 3 is 2.62 bits per heavy atom. The maximum atomic E-state index is 11.8. The quantitative estimate of drug-likeness (QED) is 0.669. The van der Waals surface area contributed by atoms with Crippen molar-refractivity contribution in [2.45, 2.75) is 6.42 Å². The van der Waals surface area contributed by atoms with Crippen LogP contribution in [0.4, 0.5) is 5.82 Å². The summed E-state index contributed by atoms with van der Waals surface area (Å²) in [6.07, 6.45) is 1.81. The number of aromatic nitrogens is 2. The molecule has 0 saturated carbocycles. The summed E-state index contributed by atoms with van der Waals surface area (Å²) in [6.45, 7) is 0. The number of anilines is 1. The number of Topliss-reactive ketones (excluding diaryl/α,β-unsaturated/α-hetero) is 1. The number of halogens is 1. The van der Waals surface area contributed by atoms with Crippen molar-refractivity contribution in [2.24, 2.45) is 0 Å². The first kappa shape index (κ1) is 11.1. The number of hydrogen-bond acceptors (Lipinski definition) is 3. The molecule has 0 aliphatic carbocycles. The lowest BCUT2D eigenvalue weighted by molar-refractivity contribution is 0.0994. The van der Waals surface area contributed by atoms with Crippen LogP contribution in [0, 0.1) is 3.57 Å². The van der Waals surface area contributed by atoms with Gasteiger partial charge in [0.15, 0.2) is 5.78 Å². The van der Waals surface area contributed by atoms with E-state index in [4.69, 9.17) is 5.73 Å². The molecule has 1 heterocycles. The molecule has 0 aliphatic heterocycles. The Balaban J connectivity index is 2.14. The second kappa shape index (κ2) is 4.65. The third-order valence-electron chi connectivity index (χ3n) is 2.25. The van der Waals surface area contributed by atoms with Gasteiger partial charge in [-0.15, -0.1) is 0 Å². The van der Waals surface area contributed by atoms with Gasteiger partial charge in [-0.1, -0.05) is 12.1 Å². The summed E-state index contributed by atoms with van der Waals surface area (Å²) in [5, 5.41) is 6.28. The highest BCUT2D eigenvalue weighted by atomic mass is 127. The Kier molecular flexibility index (Phi) is 3.23. The smallest absolute Gasteiger partial charge is 0.172 e. The number of carbonyl (C=O) groups is 1. The van der Waals surface area contributed by atoms with Crippen molar-refractivity contribution < 1.29 is 4.79 Å². The van der Waals surface area contributed by atoms with E-state index in [9.17, 15) is 4.79 Å². The van der Waals surface area contributed by atoms with Crippen molar-refractivity contribution in [1.29, 1.82) is 0 Å². The van der Waals surface area contributed by atoms with Crippen molar-refractivity contribution in [3.8, 4) is 0 Å².